The van der Waals surface area contributed by atoms with Gasteiger partial charge in [-0.3, -0.25) is 23.9 Å². The molecule has 0 bridgehead atoms. The van der Waals surface area contributed by atoms with E-state index >= 15 is 0 Å². The molecule has 0 atom stereocenters. The summed E-state index contributed by atoms with van der Waals surface area (Å²) in [6, 6.07) is 11.4. The first-order valence-electron chi connectivity index (χ1n) is 11.4. The molecule has 3 rings (SSSR count). The van der Waals surface area contributed by atoms with Gasteiger partial charge in [0, 0.05) is 25.6 Å². The van der Waals surface area contributed by atoms with Crippen molar-refractivity contribution in [3.05, 3.63) is 92.1 Å². The fourth-order valence-electron chi connectivity index (χ4n) is 3.62. The van der Waals surface area contributed by atoms with Gasteiger partial charge in [0.2, 0.25) is 5.91 Å². The first kappa shape index (κ1) is 26.3. The molecule has 0 aliphatic carbocycles. The molecule has 36 heavy (non-hydrogen) atoms. The van der Waals surface area contributed by atoms with E-state index in [0.29, 0.717) is 18.1 Å². The quantitative estimate of drug-likeness (QED) is 0.395. The van der Waals surface area contributed by atoms with Crippen LogP contribution < -0.4 is 27.2 Å². The van der Waals surface area contributed by atoms with E-state index in [0.717, 1.165) is 23.5 Å². The highest BCUT2D eigenvalue weighted by Gasteiger charge is 2.24. The monoisotopic (exact) mass is 499 g/mol. The van der Waals surface area contributed by atoms with Crippen LogP contribution in [0.1, 0.15) is 42.1 Å². The molecule has 2 aromatic carbocycles. The summed E-state index contributed by atoms with van der Waals surface area (Å²) >= 11 is 0. The van der Waals surface area contributed by atoms with Crippen molar-refractivity contribution in [3.8, 4) is 0 Å². The van der Waals surface area contributed by atoms with Crippen molar-refractivity contribution in [1.82, 2.24) is 14.9 Å². The molecule has 0 fully saturated rings. The number of amides is 2. The number of carbonyl (C=O) groups is 2. The molecule has 190 valence electrons. The lowest BCUT2D eigenvalue weighted by Crippen LogP contribution is -2.42. The molecular formula is C25H27F2N5O4. The number of aromatic nitrogens is 2. The minimum atomic E-state index is -1.03. The van der Waals surface area contributed by atoms with Gasteiger partial charge in [0.15, 0.2) is 5.69 Å². The molecule has 1 heterocycles. The van der Waals surface area contributed by atoms with E-state index in [-0.39, 0.29) is 43.1 Å². The summed E-state index contributed by atoms with van der Waals surface area (Å²) in [5, 5.41) is 2.42. The van der Waals surface area contributed by atoms with Gasteiger partial charge in [-0.05, 0) is 24.1 Å². The normalized spacial score (nSPS) is 10.8. The van der Waals surface area contributed by atoms with Gasteiger partial charge in [0.1, 0.15) is 17.5 Å². The maximum absolute atomic E-state index is 13.9. The van der Waals surface area contributed by atoms with Gasteiger partial charge < -0.3 is 16.0 Å². The number of nitrogen functional groups attached to an aromatic ring is 1. The zero-order valence-corrected chi connectivity index (χ0v) is 19.7. The highest BCUT2D eigenvalue weighted by Crippen LogP contribution is 2.21. The number of nitrogens with zero attached hydrogens (tertiary/aromatic N) is 2. The number of H-pyrrole nitrogens is 1. The van der Waals surface area contributed by atoms with Crippen molar-refractivity contribution in [3.63, 3.8) is 0 Å². The first-order chi connectivity index (χ1) is 17.2. The molecular weight excluding hydrogens is 472 g/mol. The van der Waals surface area contributed by atoms with E-state index in [4.69, 9.17) is 5.73 Å². The minimum absolute atomic E-state index is 0.0144. The van der Waals surface area contributed by atoms with Gasteiger partial charge in [-0.15, -0.1) is 0 Å². The van der Waals surface area contributed by atoms with Gasteiger partial charge in [0.05, 0.1) is 12.1 Å². The van der Waals surface area contributed by atoms with Crippen LogP contribution in [-0.4, -0.2) is 27.9 Å². The SMILES string of the molecule is CCCCn1c(N)c(N(Cc2ccccc2)C(=O)CCNC(=O)c2ccc(F)cc2F)c(=O)[nH]c1=O. The minimum Gasteiger partial charge on any atom is -0.383 e. The van der Waals surface area contributed by atoms with E-state index in [1.54, 1.807) is 30.3 Å². The highest BCUT2D eigenvalue weighted by atomic mass is 19.1. The predicted molar refractivity (Wildman–Crippen MR) is 132 cm³/mol. The molecule has 4 N–H and O–H groups in total. The molecule has 0 unspecified atom stereocenters. The first-order valence-corrected chi connectivity index (χ1v) is 11.4. The molecule has 3 aromatic rings. The standard InChI is InChI=1S/C25H27F2N5O4/c1-2-3-13-31-22(28)21(24(35)30-25(31)36)32(15-16-7-5-4-6-8-16)20(33)11-12-29-23(34)18-10-9-17(26)14-19(18)27/h4-10,14H,2-3,11-13,15,28H2,1H3,(H,29,34)(H,30,35,36). The molecule has 11 heteroatoms. The second-order valence-electron chi connectivity index (χ2n) is 8.09. The number of carbonyl (C=O) groups excluding carboxylic acids is 2. The highest BCUT2D eigenvalue weighted by molar-refractivity contribution is 5.97. The van der Waals surface area contributed by atoms with Gasteiger partial charge in [0.25, 0.3) is 11.5 Å². The van der Waals surface area contributed by atoms with Crippen LogP contribution in [0.25, 0.3) is 0 Å². The fourth-order valence-corrected chi connectivity index (χ4v) is 3.62. The van der Waals surface area contributed by atoms with E-state index in [1.807, 2.05) is 6.92 Å². The topological polar surface area (TPSA) is 130 Å². The lowest BCUT2D eigenvalue weighted by Gasteiger charge is -2.25. The van der Waals surface area contributed by atoms with Crippen molar-refractivity contribution in [2.75, 3.05) is 17.2 Å². The summed E-state index contributed by atoms with van der Waals surface area (Å²) in [5.41, 5.74) is 4.89. The number of anilines is 2. The molecule has 9 nitrogen and oxygen atoms in total. The van der Waals surface area contributed by atoms with Crippen LogP contribution in [0.4, 0.5) is 20.3 Å². The Hall–Kier alpha value is -4.28. The van der Waals surface area contributed by atoms with Gasteiger partial charge >= 0.3 is 5.69 Å². The zero-order chi connectivity index (χ0) is 26.2. The van der Waals surface area contributed by atoms with Crippen LogP contribution in [0.2, 0.25) is 0 Å². The maximum atomic E-state index is 13.9. The van der Waals surface area contributed by atoms with Crippen molar-refractivity contribution in [2.45, 2.75) is 39.3 Å². The molecule has 0 radical (unpaired) electrons. The Morgan fingerprint density at radius 1 is 1.11 bits per heavy atom. The summed E-state index contributed by atoms with van der Waals surface area (Å²) in [4.78, 5) is 54.0. The third-order valence-corrected chi connectivity index (χ3v) is 5.50. The summed E-state index contributed by atoms with van der Waals surface area (Å²) in [6.45, 7) is 2.00. The summed E-state index contributed by atoms with van der Waals surface area (Å²) < 4.78 is 28.2. The zero-order valence-electron chi connectivity index (χ0n) is 19.7. The van der Waals surface area contributed by atoms with Crippen molar-refractivity contribution in [1.29, 1.82) is 0 Å². The van der Waals surface area contributed by atoms with Crippen LogP contribution >= 0.6 is 0 Å². The summed E-state index contributed by atoms with van der Waals surface area (Å²) in [7, 11) is 0. The second-order valence-corrected chi connectivity index (χ2v) is 8.09. The van der Waals surface area contributed by atoms with Crippen LogP contribution in [-0.2, 0) is 17.9 Å². The number of rotatable bonds is 10. The molecule has 0 saturated carbocycles. The molecule has 0 aliphatic heterocycles. The Bertz CT molecular complexity index is 1350. The van der Waals surface area contributed by atoms with E-state index in [2.05, 4.69) is 10.3 Å². The number of unbranched alkanes of at least 4 members (excludes halogenated alkanes) is 1. The number of aromatic amines is 1. The van der Waals surface area contributed by atoms with E-state index < -0.39 is 34.7 Å². The Balaban J connectivity index is 1.86. The third kappa shape index (κ3) is 6.23. The van der Waals surface area contributed by atoms with Crippen molar-refractivity contribution in [2.24, 2.45) is 0 Å². The molecule has 0 saturated heterocycles. The van der Waals surface area contributed by atoms with Crippen molar-refractivity contribution >= 4 is 23.3 Å². The number of benzene rings is 2. The molecule has 2 amide bonds. The van der Waals surface area contributed by atoms with Gasteiger partial charge in [-0.2, -0.15) is 0 Å². The second kappa shape index (κ2) is 11.9. The number of halogens is 2. The van der Waals surface area contributed by atoms with Crippen LogP contribution in [0, 0.1) is 11.6 Å². The van der Waals surface area contributed by atoms with E-state index in [9.17, 15) is 28.0 Å². The smallest absolute Gasteiger partial charge is 0.330 e. The van der Waals surface area contributed by atoms with Gasteiger partial charge in [-0.25, -0.2) is 13.6 Å². The maximum Gasteiger partial charge on any atom is 0.330 e. The predicted octanol–water partition coefficient (Wildman–Crippen LogP) is 2.55. The number of nitrogens with two attached hydrogens (primary N) is 1. The van der Waals surface area contributed by atoms with Crippen LogP contribution in [0.3, 0.4) is 0 Å². The number of hydrogen-bond acceptors (Lipinski definition) is 5. The molecule has 1 aromatic heterocycles. The summed E-state index contributed by atoms with van der Waals surface area (Å²) in [6.07, 6.45) is 1.16. The summed E-state index contributed by atoms with van der Waals surface area (Å²) in [5.74, 6) is -3.37. The van der Waals surface area contributed by atoms with Crippen LogP contribution in [0.5, 0.6) is 0 Å². The molecule has 0 aliphatic rings. The largest absolute Gasteiger partial charge is 0.383 e. The number of hydrogen-bond donors (Lipinski definition) is 3. The van der Waals surface area contributed by atoms with Gasteiger partial charge in [-0.1, -0.05) is 43.7 Å². The Morgan fingerprint density at radius 3 is 2.50 bits per heavy atom. The lowest BCUT2D eigenvalue weighted by atomic mass is 10.2. The van der Waals surface area contributed by atoms with Crippen molar-refractivity contribution < 1.29 is 18.4 Å². The third-order valence-electron chi connectivity index (χ3n) is 5.50. The number of nitrogens with one attached hydrogen (secondary N) is 2. The van der Waals surface area contributed by atoms with Crippen LogP contribution in [0.15, 0.2) is 58.1 Å². The van der Waals surface area contributed by atoms with E-state index in [1.165, 1.54) is 4.57 Å². The average molecular weight is 500 g/mol. The lowest BCUT2D eigenvalue weighted by molar-refractivity contribution is -0.118. The Labute approximate surface area is 205 Å². The molecule has 0 spiro atoms. The fraction of sp³-hybridized carbons (Fsp3) is 0.280. The Kier molecular flexibility index (Phi) is 8.71. The average Bonchev–Trinajstić information content (AvgIpc) is 2.83. The Morgan fingerprint density at radius 2 is 1.83 bits per heavy atom.